The van der Waals surface area contributed by atoms with E-state index in [-0.39, 0.29) is 28.7 Å². The minimum atomic E-state index is -1.18. The molecule has 1 amide bonds. The Morgan fingerprint density at radius 2 is 1.75 bits per heavy atom. The average molecular weight is 485 g/mol. The summed E-state index contributed by atoms with van der Waals surface area (Å²) in [7, 11) is 0. The molecule has 0 saturated heterocycles. The van der Waals surface area contributed by atoms with Crippen molar-refractivity contribution in [1.29, 1.82) is 0 Å². The zero-order chi connectivity index (χ0) is 25.2. The molecule has 0 radical (unpaired) electrons. The highest BCUT2D eigenvalue weighted by Gasteiger charge is 2.42. The maximum atomic E-state index is 13.3. The number of Topliss-reactive ketones (excluding diaryl/α,β-unsaturated/α-hetero) is 2. The van der Waals surface area contributed by atoms with Gasteiger partial charge in [0.25, 0.3) is 0 Å². The Hall–Kier alpha value is -3.54. The third-order valence-corrected chi connectivity index (χ3v) is 7.56. The van der Waals surface area contributed by atoms with E-state index in [0.29, 0.717) is 29.1 Å². The molecule has 186 valence electrons. The van der Waals surface area contributed by atoms with Crippen molar-refractivity contribution in [1.82, 2.24) is 4.98 Å². The fourth-order valence-corrected chi connectivity index (χ4v) is 5.58. The highest BCUT2D eigenvalue weighted by atomic mass is 16.3. The highest BCUT2D eigenvalue weighted by molar-refractivity contribution is 6.30. The number of unbranched alkanes of at least 4 members (excludes halogenated alkanes) is 2. The van der Waals surface area contributed by atoms with Crippen molar-refractivity contribution < 1.29 is 19.5 Å². The van der Waals surface area contributed by atoms with Crippen LogP contribution < -0.4 is 5.32 Å². The average Bonchev–Trinajstić information content (AvgIpc) is 3.13. The van der Waals surface area contributed by atoms with E-state index in [4.69, 9.17) is 0 Å². The largest absolute Gasteiger partial charge is 0.506 e. The van der Waals surface area contributed by atoms with Crippen LogP contribution >= 0.6 is 0 Å². The third kappa shape index (κ3) is 4.64. The number of pyridine rings is 1. The Morgan fingerprint density at radius 1 is 0.972 bits per heavy atom. The van der Waals surface area contributed by atoms with Crippen LogP contribution in [0.5, 0.6) is 5.75 Å². The predicted molar refractivity (Wildman–Crippen MR) is 140 cm³/mol. The molecule has 2 N–H and O–H groups in total. The van der Waals surface area contributed by atoms with Crippen LogP contribution in [0, 0.1) is 0 Å². The van der Waals surface area contributed by atoms with Crippen molar-refractivity contribution in [3.8, 4) is 5.75 Å². The molecule has 2 aliphatic rings. The zero-order valence-electron chi connectivity index (χ0n) is 20.7. The van der Waals surface area contributed by atoms with Crippen molar-refractivity contribution in [3.05, 3.63) is 64.8 Å². The van der Waals surface area contributed by atoms with E-state index >= 15 is 0 Å². The molecule has 0 spiro atoms. The van der Waals surface area contributed by atoms with Gasteiger partial charge in [0.2, 0.25) is 5.91 Å². The molecule has 1 saturated carbocycles. The van der Waals surface area contributed by atoms with Gasteiger partial charge in [0.05, 0.1) is 5.52 Å². The van der Waals surface area contributed by atoms with Crippen LogP contribution in [-0.4, -0.2) is 27.6 Å². The molecule has 2 aromatic carbocycles. The van der Waals surface area contributed by atoms with Crippen LogP contribution in [0.2, 0.25) is 0 Å². The summed E-state index contributed by atoms with van der Waals surface area (Å²) >= 11 is 0. The van der Waals surface area contributed by atoms with Crippen LogP contribution in [0.4, 0.5) is 5.69 Å². The number of nitrogens with one attached hydrogen (secondary N) is 1. The molecule has 1 heterocycles. The van der Waals surface area contributed by atoms with Gasteiger partial charge in [-0.05, 0) is 67.1 Å². The number of aromatic hydroxyl groups is 1. The SMILES string of the molecule is CCCCCC(=O)Nc1ccc2c(c1)C(=O)C(c1nc3ccc(C4CCCCC4)cc3cc1O)C2=O. The van der Waals surface area contributed by atoms with Crippen LogP contribution in [0.3, 0.4) is 0 Å². The minimum absolute atomic E-state index is 0.0873. The monoisotopic (exact) mass is 484 g/mol. The number of aromatic nitrogens is 1. The lowest BCUT2D eigenvalue weighted by atomic mass is 9.83. The minimum Gasteiger partial charge on any atom is -0.506 e. The Balaban J connectivity index is 1.40. The predicted octanol–water partition coefficient (Wildman–Crippen LogP) is 6.67. The number of carbonyl (C=O) groups is 3. The maximum absolute atomic E-state index is 13.3. The first-order valence-electron chi connectivity index (χ1n) is 13.1. The number of amides is 1. The second-order valence-corrected chi connectivity index (χ2v) is 10.1. The van der Waals surface area contributed by atoms with Gasteiger partial charge < -0.3 is 10.4 Å². The molecule has 3 aromatic rings. The normalized spacial score (nSPS) is 18.0. The van der Waals surface area contributed by atoms with E-state index < -0.39 is 11.7 Å². The van der Waals surface area contributed by atoms with Crippen LogP contribution in [0.25, 0.3) is 10.9 Å². The van der Waals surface area contributed by atoms with Crippen LogP contribution in [0.1, 0.15) is 109 Å². The maximum Gasteiger partial charge on any atom is 0.224 e. The van der Waals surface area contributed by atoms with Gasteiger partial charge in [-0.25, -0.2) is 4.98 Å². The topological polar surface area (TPSA) is 96.4 Å². The Kier molecular flexibility index (Phi) is 6.86. The summed E-state index contributed by atoms with van der Waals surface area (Å²) in [6, 6.07) is 12.5. The van der Waals surface area contributed by atoms with Gasteiger partial charge in [-0.1, -0.05) is 45.1 Å². The lowest BCUT2D eigenvalue weighted by Crippen LogP contribution is -2.15. The first-order chi connectivity index (χ1) is 17.5. The van der Waals surface area contributed by atoms with Crippen molar-refractivity contribution in [2.75, 3.05) is 5.32 Å². The number of benzene rings is 2. The molecule has 0 aliphatic heterocycles. The second-order valence-electron chi connectivity index (χ2n) is 10.1. The van der Waals surface area contributed by atoms with Gasteiger partial charge in [0.1, 0.15) is 17.4 Å². The highest BCUT2D eigenvalue weighted by Crippen LogP contribution is 2.40. The van der Waals surface area contributed by atoms with E-state index in [9.17, 15) is 19.5 Å². The van der Waals surface area contributed by atoms with E-state index in [1.165, 1.54) is 37.7 Å². The van der Waals surface area contributed by atoms with Gasteiger partial charge in [0, 0.05) is 28.6 Å². The number of carbonyl (C=O) groups excluding carboxylic acids is 3. The number of ketones is 2. The Bertz CT molecular complexity index is 1340. The fourth-order valence-electron chi connectivity index (χ4n) is 5.58. The standard InChI is InChI=1S/C30H32N2O4/c1-2-3-5-10-26(34)31-21-12-13-22-23(17-21)30(36)27(29(22)35)28-25(33)16-20-15-19(11-14-24(20)32-28)18-8-6-4-7-9-18/h11-18,27,33H,2-10H2,1H3,(H,31,34). The summed E-state index contributed by atoms with van der Waals surface area (Å²) < 4.78 is 0. The van der Waals surface area contributed by atoms with Crippen LogP contribution in [0.15, 0.2) is 42.5 Å². The molecule has 36 heavy (non-hydrogen) atoms. The summed E-state index contributed by atoms with van der Waals surface area (Å²) in [6.45, 7) is 2.08. The van der Waals surface area contributed by atoms with Crippen molar-refractivity contribution in [3.63, 3.8) is 0 Å². The fraction of sp³-hybridized carbons (Fsp3) is 0.400. The summed E-state index contributed by atoms with van der Waals surface area (Å²) in [5, 5.41) is 14.5. The molecule has 6 nitrogen and oxygen atoms in total. The summed E-state index contributed by atoms with van der Waals surface area (Å²) in [4.78, 5) is 43.3. The van der Waals surface area contributed by atoms with Crippen LogP contribution in [-0.2, 0) is 4.79 Å². The number of hydrogen-bond donors (Lipinski definition) is 2. The number of fused-ring (bicyclic) bond motifs is 2. The molecule has 6 heteroatoms. The van der Waals surface area contributed by atoms with Gasteiger partial charge in [-0.3, -0.25) is 14.4 Å². The van der Waals surface area contributed by atoms with Crippen molar-refractivity contribution in [2.45, 2.75) is 76.5 Å². The van der Waals surface area contributed by atoms with E-state index in [0.717, 1.165) is 24.6 Å². The third-order valence-electron chi connectivity index (χ3n) is 7.56. The summed E-state index contributed by atoms with van der Waals surface area (Å²) in [5.41, 5.74) is 3.03. The molecule has 1 aromatic heterocycles. The van der Waals surface area contributed by atoms with Gasteiger partial charge in [-0.15, -0.1) is 0 Å². The number of nitrogens with zero attached hydrogens (tertiary/aromatic N) is 1. The number of rotatable bonds is 7. The zero-order valence-corrected chi connectivity index (χ0v) is 20.7. The molecular weight excluding hydrogens is 452 g/mol. The van der Waals surface area contributed by atoms with Gasteiger partial charge >= 0.3 is 0 Å². The molecule has 5 rings (SSSR count). The molecule has 0 bridgehead atoms. The van der Waals surface area contributed by atoms with E-state index in [1.54, 1.807) is 24.3 Å². The number of hydrogen-bond acceptors (Lipinski definition) is 5. The van der Waals surface area contributed by atoms with Crippen molar-refractivity contribution >= 4 is 34.1 Å². The van der Waals surface area contributed by atoms with E-state index in [1.807, 2.05) is 6.07 Å². The Morgan fingerprint density at radius 3 is 2.53 bits per heavy atom. The summed E-state index contributed by atoms with van der Waals surface area (Å²) in [5.74, 6) is -1.70. The van der Waals surface area contributed by atoms with Crippen molar-refractivity contribution in [2.24, 2.45) is 0 Å². The van der Waals surface area contributed by atoms with Gasteiger partial charge in [-0.2, -0.15) is 0 Å². The molecule has 2 aliphatic carbocycles. The molecule has 1 unspecified atom stereocenters. The number of anilines is 1. The Labute approximate surface area is 211 Å². The molecular formula is C30H32N2O4. The lowest BCUT2D eigenvalue weighted by molar-refractivity contribution is -0.116. The smallest absolute Gasteiger partial charge is 0.224 e. The first kappa shape index (κ1) is 24.2. The molecule has 1 atom stereocenters. The second kappa shape index (κ2) is 10.2. The summed E-state index contributed by atoms with van der Waals surface area (Å²) in [6.07, 6.45) is 9.34. The molecule has 1 fully saturated rings. The quantitative estimate of drug-likeness (QED) is 0.288. The first-order valence-corrected chi connectivity index (χ1v) is 13.1. The van der Waals surface area contributed by atoms with Gasteiger partial charge in [0.15, 0.2) is 11.6 Å². The lowest BCUT2D eigenvalue weighted by Gasteiger charge is -2.22. The van der Waals surface area contributed by atoms with E-state index in [2.05, 4.69) is 29.4 Å².